The normalized spacial score (nSPS) is 19.9. The highest BCUT2D eigenvalue weighted by atomic mass is 79.9. The number of furan rings is 1. The Bertz CT molecular complexity index is 592. The summed E-state index contributed by atoms with van der Waals surface area (Å²) in [5, 5.41) is 8.15. The van der Waals surface area contributed by atoms with Crippen molar-refractivity contribution in [3.8, 4) is 0 Å². The van der Waals surface area contributed by atoms with Crippen LogP contribution in [-0.4, -0.2) is 20.8 Å². The van der Waals surface area contributed by atoms with Crippen LogP contribution in [0.2, 0.25) is 0 Å². The first-order valence-corrected chi connectivity index (χ1v) is 7.89. The summed E-state index contributed by atoms with van der Waals surface area (Å²) in [5.74, 6) is 3.02. The molecule has 0 spiro atoms. The lowest BCUT2D eigenvalue weighted by Crippen LogP contribution is -2.39. The molecule has 1 aliphatic heterocycles. The van der Waals surface area contributed by atoms with E-state index in [1.165, 1.54) is 0 Å². The second-order valence-electron chi connectivity index (χ2n) is 5.25. The third-order valence-electron chi connectivity index (χ3n) is 3.72. The third kappa shape index (κ3) is 2.81. The molecular formula is C14H19BrN4O. The monoisotopic (exact) mass is 338 g/mol. The molecule has 0 saturated heterocycles. The van der Waals surface area contributed by atoms with Crippen molar-refractivity contribution in [1.82, 2.24) is 20.1 Å². The topological polar surface area (TPSA) is 55.9 Å². The maximum absolute atomic E-state index is 5.60. The first-order valence-electron chi connectivity index (χ1n) is 7.09. The molecule has 0 radical (unpaired) electrons. The highest BCUT2D eigenvalue weighted by Crippen LogP contribution is 2.22. The predicted molar refractivity (Wildman–Crippen MR) is 79.5 cm³/mol. The van der Waals surface area contributed by atoms with E-state index >= 15 is 0 Å². The number of fused-ring (bicyclic) bond motifs is 1. The van der Waals surface area contributed by atoms with Gasteiger partial charge in [0, 0.05) is 18.9 Å². The molecule has 0 saturated carbocycles. The Morgan fingerprint density at radius 1 is 1.55 bits per heavy atom. The number of hydrogen-bond acceptors (Lipinski definition) is 4. The van der Waals surface area contributed by atoms with Crippen LogP contribution in [0.1, 0.15) is 43.7 Å². The fourth-order valence-corrected chi connectivity index (χ4v) is 2.96. The van der Waals surface area contributed by atoms with E-state index in [0.717, 1.165) is 47.9 Å². The fraction of sp³-hybridized carbons (Fsp3) is 0.571. The first-order chi connectivity index (χ1) is 9.65. The van der Waals surface area contributed by atoms with Crippen LogP contribution in [-0.2, 0) is 19.4 Å². The lowest BCUT2D eigenvalue weighted by atomic mass is 10.1. The zero-order valence-electron chi connectivity index (χ0n) is 11.8. The van der Waals surface area contributed by atoms with Gasteiger partial charge in [0.25, 0.3) is 0 Å². The van der Waals surface area contributed by atoms with E-state index in [2.05, 4.69) is 45.2 Å². The SMILES string of the molecule is CCc1nc2n(n1)C[C@H](N[C@H](C)c1ccc(Br)o1)CC2. The predicted octanol–water partition coefficient (Wildman–Crippen LogP) is 2.86. The average molecular weight is 339 g/mol. The quantitative estimate of drug-likeness (QED) is 0.931. The van der Waals surface area contributed by atoms with Crippen molar-refractivity contribution in [3.63, 3.8) is 0 Å². The summed E-state index contributed by atoms with van der Waals surface area (Å²) < 4.78 is 8.42. The van der Waals surface area contributed by atoms with Gasteiger partial charge in [-0.25, -0.2) is 9.67 Å². The molecule has 1 N–H and O–H groups in total. The molecule has 2 atom stereocenters. The Morgan fingerprint density at radius 3 is 3.10 bits per heavy atom. The van der Waals surface area contributed by atoms with E-state index in [4.69, 9.17) is 4.42 Å². The van der Waals surface area contributed by atoms with E-state index < -0.39 is 0 Å². The Balaban J connectivity index is 1.65. The second kappa shape index (κ2) is 5.69. The minimum absolute atomic E-state index is 0.196. The van der Waals surface area contributed by atoms with Gasteiger partial charge in [-0.15, -0.1) is 0 Å². The summed E-state index contributed by atoms with van der Waals surface area (Å²) in [5.41, 5.74) is 0. The highest BCUT2D eigenvalue weighted by Gasteiger charge is 2.23. The van der Waals surface area contributed by atoms with Crippen LogP contribution in [0.5, 0.6) is 0 Å². The van der Waals surface area contributed by atoms with E-state index in [-0.39, 0.29) is 6.04 Å². The number of nitrogens with one attached hydrogen (secondary N) is 1. The van der Waals surface area contributed by atoms with Crippen LogP contribution in [0.3, 0.4) is 0 Å². The molecule has 1 aliphatic rings. The van der Waals surface area contributed by atoms with Gasteiger partial charge in [0.1, 0.15) is 11.6 Å². The number of hydrogen-bond donors (Lipinski definition) is 1. The van der Waals surface area contributed by atoms with E-state index in [9.17, 15) is 0 Å². The smallest absolute Gasteiger partial charge is 0.169 e. The van der Waals surface area contributed by atoms with Gasteiger partial charge in [-0.05, 0) is 41.4 Å². The lowest BCUT2D eigenvalue weighted by molar-refractivity contribution is 0.312. The van der Waals surface area contributed by atoms with Crippen LogP contribution in [0, 0.1) is 0 Å². The van der Waals surface area contributed by atoms with Crippen molar-refractivity contribution in [1.29, 1.82) is 0 Å². The molecule has 108 valence electrons. The molecule has 2 aromatic heterocycles. The maximum atomic E-state index is 5.60. The summed E-state index contributed by atoms with van der Waals surface area (Å²) in [6.45, 7) is 5.10. The Labute approximate surface area is 126 Å². The molecule has 0 bridgehead atoms. The van der Waals surface area contributed by atoms with Crippen LogP contribution >= 0.6 is 15.9 Å². The number of halogens is 1. The summed E-state index contributed by atoms with van der Waals surface area (Å²) >= 11 is 3.34. The lowest BCUT2D eigenvalue weighted by Gasteiger charge is -2.26. The zero-order valence-corrected chi connectivity index (χ0v) is 13.4. The molecule has 0 amide bonds. The van der Waals surface area contributed by atoms with E-state index in [0.29, 0.717) is 6.04 Å². The van der Waals surface area contributed by atoms with Gasteiger partial charge >= 0.3 is 0 Å². The fourth-order valence-electron chi connectivity index (χ4n) is 2.64. The Kier molecular flexibility index (Phi) is 3.94. The van der Waals surface area contributed by atoms with Gasteiger partial charge in [0.05, 0.1) is 12.6 Å². The number of rotatable bonds is 4. The molecule has 0 aliphatic carbocycles. The molecule has 3 heterocycles. The molecule has 5 nitrogen and oxygen atoms in total. The van der Waals surface area contributed by atoms with E-state index in [1.54, 1.807) is 0 Å². The van der Waals surface area contributed by atoms with E-state index in [1.807, 2.05) is 16.8 Å². The van der Waals surface area contributed by atoms with Crippen molar-refractivity contribution < 1.29 is 4.42 Å². The van der Waals surface area contributed by atoms with Gasteiger partial charge in [-0.1, -0.05) is 6.92 Å². The molecule has 0 aromatic carbocycles. The van der Waals surface area contributed by atoms with Crippen LogP contribution in [0.4, 0.5) is 0 Å². The minimum Gasteiger partial charge on any atom is -0.453 e. The third-order valence-corrected chi connectivity index (χ3v) is 4.15. The van der Waals surface area contributed by atoms with Crippen LogP contribution < -0.4 is 5.32 Å². The van der Waals surface area contributed by atoms with Gasteiger partial charge < -0.3 is 9.73 Å². The van der Waals surface area contributed by atoms with Gasteiger partial charge in [0.2, 0.25) is 0 Å². The Morgan fingerprint density at radius 2 is 2.40 bits per heavy atom. The standard InChI is InChI=1S/C14H19BrN4O/c1-3-13-17-14-7-4-10(8-19(14)18-13)16-9(2)11-5-6-12(15)20-11/h5-6,9-10,16H,3-4,7-8H2,1-2H3/t9-,10-/m1/s1. The van der Waals surface area contributed by atoms with Gasteiger partial charge in [0.15, 0.2) is 10.5 Å². The van der Waals surface area contributed by atoms with Crippen LogP contribution in [0.25, 0.3) is 0 Å². The molecule has 6 heteroatoms. The molecular weight excluding hydrogens is 320 g/mol. The first kappa shape index (κ1) is 13.8. The largest absolute Gasteiger partial charge is 0.453 e. The Hall–Kier alpha value is -1.14. The number of aromatic nitrogens is 3. The van der Waals surface area contributed by atoms with Crippen molar-refractivity contribution in [2.24, 2.45) is 0 Å². The average Bonchev–Trinajstić information content (AvgIpc) is 3.03. The van der Waals surface area contributed by atoms with Gasteiger partial charge in [-0.2, -0.15) is 5.10 Å². The summed E-state index contributed by atoms with van der Waals surface area (Å²) in [6.07, 6.45) is 2.97. The van der Waals surface area contributed by atoms with Crippen molar-refractivity contribution >= 4 is 15.9 Å². The van der Waals surface area contributed by atoms with Crippen LogP contribution in [0.15, 0.2) is 21.2 Å². The minimum atomic E-state index is 0.196. The number of nitrogens with zero attached hydrogens (tertiary/aromatic N) is 3. The summed E-state index contributed by atoms with van der Waals surface area (Å²) in [6, 6.07) is 4.53. The summed E-state index contributed by atoms with van der Waals surface area (Å²) in [7, 11) is 0. The molecule has 0 fully saturated rings. The van der Waals surface area contributed by atoms with Crippen molar-refractivity contribution in [2.75, 3.05) is 0 Å². The zero-order chi connectivity index (χ0) is 14.1. The maximum Gasteiger partial charge on any atom is 0.169 e. The molecule has 2 aromatic rings. The molecule has 3 rings (SSSR count). The number of aryl methyl sites for hydroxylation is 2. The molecule has 20 heavy (non-hydrogen) atoms. The van der Waals surface area contributed by atoms with Gasteiger partial charge in [-0.3, -0.25) is 0 Å². The van der Waals surface area contributed by atoms with Crippen molar-refractivity contribution in [3.05, 3.63) is 34.2 Å². The highest BCUT2D eigenvalue weighted by molar-refractivity contribution is 9.10. The van der Waals surface area contributed by atoms with Crippen molar-refractivity contribution in [2.45, 2.75) is 51.7 Å². The molecule has 0 unspecified atom stereocenters. The summed E-state index contributed by atoms with van der Waals surface area (Å²) in [4.78, 5) is 4.54. The second-order valence-corrected chi connectivity index (χ2v) is 6.03.